The van der Waals surface area contributed by atoms with Crippen molar-refractivity contribution in [3.8, 4) is 0 Å². The predicted molar refractivity (Wildman–Crippen MR) is 91.7 cm³/mol. The van der Waals surface area contributed by atoms with E-state index < -0.39 is 29.4 Å². The van der Waals surface area contributed by atoms with Gasteiger partial charge in [0.25, 0.3) is 5.69 Å². The molecule has 1 aliphatic heterocycles. The molecule has 1 N–H and O–H groups in total. The van der Waals surface area contributed by atoms with Gasteiger partial charge in [0.15, 0.2) is 6.29 Å². The molecule has 3 atom stereocenters. The molecule has 1 amide bonds. The van der Waals surface area contributed by atoms with Gasteiger partial charge in [-0.15, -0.1) is 0 Å². The lowest BCUT2D eigenvalue weighted by Gasteiger charge is -2.40. The van der Waals surface area contributed by atoms with Crippen LogP contribution in [0.3, 0.4) is 0 Å². The average molecular weight is 382 g/mol. The Morgan fingerprint density at radius 3 is 2.41 bits per heavy atom. The number of nitro groups is 1. The number of benzene rings is 1. The summed E-state index contributed by atoms with van der Waals surface area (Å²) in [7, 11) is 3.00. The van der Waals surface area contributed by atoms with Crippen LogP contribution < -0.4 is 5.32 Å². The summed E-state index contributed by atoms with van der Waals surface area (Å²) in [5.74, 6) is -0.744. The highest BCUT2D eigenvalue weighted by molar-refractivity contribution is 5.86. The van der Waals surface area contributed by atoms with Gasteiger partial charge in [-0.2, -0.15) is 0 Å². The summed E-state index contributed by atoms with van der Waals surface area (Å²) in [5, 5.41) is 13.3. The summed E-state index contributed by atoms with van der Waals surface area (Å²) in [6.07, 6.45) is -1.66. The Balaban J connectivity index is 1.81. The van der Waals surface area contributed by atoms with Crippen LogP contribution in [0.1, 0.15) is 18.9 Å². The smallest absolute Gasteiger partial charge is 0.430 e. The Morgan fingerprint density at radius 2 is 1.89 bits per heavy atom. The van der Waals surface area contributed by atoms with E-state index in [1.807, 2.05) is 0 Å². The van der Waals surface area contributed by atoms with Gasteiger partial charge >= 0.3 is 6.16 Å². The van der Waals surface area contributed by atoms with Crippen molar-refractivity contribution in [2.24, 2.45) is 5.92 Å². The number of nitro benzene ring substituents is 1. The molecule has 2 rings (SSSR count). The Morgan fingerprint density at radius 1 is 1.26 bits per heavy atom. The van der Waals surface area contributed by atoms with Crippen LogP contribution in [-0.2, 0) is 30.3 Å². The Labute approximate surface area is 155 Å². The molecule has 1 aromatic carbocycles. The van der Waals surface area contributed by atoms with E-state index in [9.17, 15) is 19.7 Å². The van der Waals surface area contributed by atoms with Crippen molar-refractivity contribution in [2.45, 2.75) is 38.4 Å². The molecule has 0 bridgehead atoms. The van der Waals surface area contributed by atoms with Gasteiger partial charge in [0.2, 0.25) is 5.91 Å². The first-order valence-corrected chi connectivity index (χ1v) is 8.28. The zero-order valence-electron chi connectivity index (χ0n) is 15.2. The van der Waals surface area contributed by atoms with Crippen LogP contribution in [0.4, 0.5) is 10.5 Å². The summed E-state index contributed by atoms with van der Waals surface area (Å²) in [6, 6.07) is 5.37. The highest BCUT2D eigenvalue weighted by atomic mass is 16.7. The zero-order chi connectivity index (χ0) is 20.0. The second kappa shape index (κ2) is 9.28. The van der Waals surface area contributed by atoms with Gasteiger partial charge in [-0.25, -0.2) is 4.79 Å². The molecule has 27 heavy (non-hydrogen) atoms. The van der Waals surface area contributed by atoms with Crippen LogP contribution in [0.5, 0.6) is 0 Å². The number of carbonyl (C=O) groups is 2. The first kappa shape index (κ1) is 20.6. The molecule has 1 aliphatic rings. The van der Waals surface area contributed by atoms with Crippen molar-refractivity contribution >= 4 is 17.7 Å². The zero-order valence-corrected chi connectivity index (χ0v) is 15.2. The molecular weight excluding hydrogens is 360 g/mol. The minimum atomic E-state index is -0.922. The van der Waals surface area contributed by atoms with Crippen molar-refractivity contribution in [3.63, 3.8) is 0 Å². The van der Waals surface area contributed by atoms with Gasteiger partial charge in [0.1, 0.15) is 12.7 Å². The molecule has 10 nitrogen and oxygen atoms in total. The Bertz CT molecular complexity index is 674. The van der Waals surface area contributed by atoms with E-state index in [1.165, 1.54) is 38.5 Å². The molecular formula is C17H22N2O8. The van der Waals surface area contributed by atoms with Crippen LogP contribution in [-0.4, -0.2) is 49.6 Å². The molecule has 1 aromatic rings. The highest BCUT2D eigenvalue weighted by Crippen LogP contribution is 2.26. The second-order valence-electron chi connectivity index (χ2n) is 6.06. The number of rotatable bonds is 9. The third-order valence-electron chi connectivity index (χ3n) is 4.33. The van der Waals surface area contributed by atoms with Gasteiger partial charge < -0.3 is 24.3 Å². The molecule has 1 saturated heterocycles. The van der Waals surface area contributed by atoms with Crippen LogP contribution in [0.15, 0.2) is 24.3 Å². The minimum Gasteiger partial charge on any atom is -0.430 e. The van der Waals surface area contributed by atoms with E-state index in [1.54, 1.807) is 6.92 Å². The second-order valence-corrected chi connectivity index (χ2v) is 6.06. The number of nitrogens with zero attached hydrogens (tertiary/aromatic N) is 1. The molecule has 0 radical (unpaired) electrons. The van der Waals surface area contributed by atoms with Crippen LogP contribution in [0.25, 0.3) is 0 Å². The first-order valence-electron chi connectivity index (χ1n) is 8.28. The lowest BCUT2D eigenvalue weighted by atomic mass is 9.84. The van der Waals surface area contributed by atoms with E-state index in [0.717, 1.165) is 0 Å². The van der Waals surface area contributed by atoms with Gasteiger partial charge in [0, 0.05) is 38.8 Å². The number of β-lactam (4-membered cyclic amide) rings is 1. The minimum absolute atomic E-state index is 0.0533. The quantitative estimate of drug-likeness (QED) is 0.225. The van der Waals surface area contributed by atoms with Crippen molar-refractivity contribution in [3.05, 3.63) is 39.9 Å². The Hall–Kier alpha value is -2.72. The summed E-state index contributed by atoms with van der Waals surface area (Å²) in [4.78, 5) is 33.8. The van der Waals surface area contributed by atoms with Crippen LogP contribution >= 0.6 is 0 Å². The maximum Gasteiger partial charge on any atom is 0.508 e. The first-order chi connectivity index (χ1) is 12.8. The standard InChI is InChI=1S/C17H22N2O8/c1-10(15-13(18-16(15)20)8-14(24-2)25-3)27-17(21)26-9-11-4-6-12(7-5-11)19(22)23/h4-7,10,13-15H,8-9H2,1-3H3,(H,18,20)/t10-,13-,15-/m1/s1. The van der Waals surface area contributed by atoms with E-state index in [4.69, 9.17) is 18.9 Å². The molecule has 0 spiro atoms. The summed E-state index contributed by atoms with van der Waals surface area (Å²) < 4.78 is 20.4. The van der Waals surface area contributed by atoms with E-state index in [2.05, 4.69) is 5.32 Å². The molecule has 1 heterocycles. The number of hydrogen-bond donors (Lipinski definition) is 1. The maximum atomic E-state index is 11.9. The van der Waals surface area contributed by atoms with Crippen LogP contribution in [0, 0.1) is 16.0 Å². The number of amides is 1. The molecule has 0 unspecified atom stereocenters. The number of ether oxygens (including phenoxy) is 4. The van der Waals surface area contributed by atoms with Gasteiger partial charge in [-0.1, -0.05) is 0 Å². The lowest BCUT2D eigenvalue weighted by molar-refractivity contribution is -0.384. The maximum absolute atomic E-state index is 11.9. The largest absolute Gasteiger partial charge is 0.508 e. The third-order valence-corrected chi connectivity index (χ3v) is 4.33. The summed E-state index contributed by atoms with van der Waals surface area (Å²) in [5.41, 5.74) is 0.523. The lowest BCUT2D eigenvalue weighted by Crippen LogP contribution is -2.63. The molecule has 0 aromatic heterocycles. The van der Waals surface area contributed by atoms with E-state index >= 15 is 0 Å². The average Bonchev–Trinajstić information content (AvgIpc) is 2.63. The summed E-state index contributed by atoms with van der Waals surface area (Å²) in [6.45, 7) is 1.51. The Kier molecular flexibility index (Phi) is 7.08. The van der Waals surface area contributed by atoms with Crippen LogP contribution in [0.2, 0.25) is 0 Å². The number of nitrogens with one attached hydrogen (secondary N) is 1. The topological polar surface area (TPSA) is 126 Å². The van der Waals surface area contributed by atoms with Crippen molar-refractivity contribution < 1.29 is 33.5 Å². The number of hydrogen-bond acceptors (Lipinski definition) is 8. The van der Waals surface area contributed by atoms with Gasteiger partial charge in [-0.05, 0) is 24.6 Å². The van der Waals surface area contributed by atoms with Crippen molar-refractivity contribution in [1.29, 1.82) is 0 Å². The number of carbonyl (C=O) groups excluding carboxylic acids is 2. The predicted octanol–water partition coefficient (Wildman–Crippen LogP) is 1.76. The third kappa shape index (κ3) is 5.38. The fourth-order valence-corrected chi connectivity index (χ4v) is 2.81. The van der Waals surface area contributed by atoms with Gasteiger partial charge in [0.05, 0.1) is 10.8 Å². The SMILES string of the molecule is COC(C[C@H]1NC(=O)[C@@H]1[C@@H](C)OC(=O)OCc1ccc([N+](=O)[O-])cc1)OC. The molecule has 10 heteroatoms. The van der Waals surface area contributed by atoms with E-state index in [0.29, 0.717) is 12.0 Å². The highest BCUT2D eigenvalue weighted by Gasteiger charge is 2.45. The van der Waals surface area contributed by atoms with Crippen molar-refractivity contribution in [2.75, 3.05) is 14.2 Å². The normalized spacial score (nSPS) is 19.8. The number of non-ortho nitro benzene ring substituents is 1. The van der Waals surface area contributed by atoms with Crippen molar-refractivity contribution in [1.82, 2.24) is 5.32 Å². The molecule has 0 aliphatic carbocycles. The molecule has 0 saturated carbocycles. The van der Waals surface area contributed by atoms with E-state index in [-0.39, 0.29) is 24.2 Å². The number of methoxy groups -OCH3 is 2. The molecule has 148 valence electrons. The molecule has 1 fully saturated rings. The fraction of sp³-hybridized carbons (Fsp3) is 0.529. The summed E-state index contributed by atoms with van der Waals surface area (Å²) >= 11 is 0. The fourth-order valence-electron chi connectivity index (χ4n) is 2.81. The van der Waals surface area contributed by atoms with Gasteiger partial charge in [-0.3, -0.25) is 14.9 Å². The monoisotopic (exact) mass is 382 g/mol.